The predicted octanol–water partition coefficient (Wildman–Crippen LogP) is 0.443. The van der Waals surface area contributed by atoms with Gasteiger partial charge in [-0.2, -0.15) is 5.53 Å². The third-order valence-electron chi connectivity index (χ3n) is 8.40. The van der Waals surface area contributed by atoms with E-state index < -0.39 is 24.0 Å². The van der Waals surface area contributed by atoms with Gasteiger partial charge in [-0.3, -0.25) is 24.1 Å². The zero-order chi connectivity index (χ0) is 30.5. The van der Waals surface area contributed by atoms with Gasteiger partial charge in [-0.25, -0.2) is 10.9 Å². The van der Waals surface area contributed by atoms with Crippen LogP contribution in [0.4, 0.5) is 5.69 Å². The Morgan fingerprint density at radius 1 is 0.909 bits per heavy atom. The van der Waals surface area contributed by atoms with Crippen molar-refractivity contribution in [1.82, 2.24) is 32.3 Å². The van der Waals surface area contributed by atoms with Crippen molar-refractivity contribution in [3.8, 4) is 0 Å². The van der Waals surface area contributed by atoms with Gasteiger partial charge < -0.3 is 16.0 Å². The topological polar surface area (TPSA) is 144 Å². The maximum absolute atomic E-state index is 14.1. The Kier molecular flexibility index (Phi) is 8.96. The molecule has 3 aliphatic heterocycles. The molecular formula is C33H37N7O4. The minimum Gasteiger partial charge on any atom is -0.353 e. The van der Waals surface area contributed by atoms with E-state index >= 15 is 0 Å². The summed E-state index contributed by atoms with van der Waals surface area (Å²) in [5.74, 6) is -1.28. The monoisotopic (exact) mass is 595 g/mol. The molecule has 3 aliphatic rings. The van der Waals surface area contributed by atoms with Crippen LogP contribution >= 0.6 is 0 Å². The lowest BCUT2D eigenvalue weighted by Crippen LogP contribution is -2.58. The molecule has 11 nitrogen and oxygen atoms in total. The summed E-state index contributed by atoms with van der Waals surface area (Å²) in [6.07, 6.45) is 1.75. The van der Waals surface area contributed by atoms with E-state index in [4.69, 9.17) is 0 Å². The van der Waals surface area contributed by atoms with E-state index in [2.05, 4.69) is 32.3 Å². The number of aryl methyl sites for hydroxylation is 1. The molecule has 0 saturated carbocycles. The fourth-order valence-electron chi connectivity index (χ4n) is 6.18. The number of carbonyl (C=O) groups excluding carboxylic acids is 4. The van der Waals surface area contributed by atoms with Crippen LogP contribution in [0.15, 0.2) is 78.9 Å². The normalized spacial score (nSPS) is 21.2. The Morgan fingerprint density at radius 3 is 2.36 bits per heavy atom. The van der Waals surface area contributed by atoms with Crippen LogP contribution in [0.5, 0.6) is 0 Å². The molecule has 0 aliphatic carbocycles. The second-order valence-corrected chi connectivity index (χ2v) is 11.5. The molecule has 6 rings (SSSR count). The van der Waals surface area contributed by atoms with Gasteiger partial charge in [0.25, 0.3) is 0 Å². The number of hydrogen-bond donors (Lipinski definition) is 6. The number of nitrogens with zero attached hydrogens (tertiary/aromatic N) is 1. The van der Waals surface area contributed by atoms with Gasteiger partial charge in [0.2, 0.25) is 23.6 Å². The van der Waals surface area contributed by atoms with Gasteiger partial charge in [-0.1, -0.05) is 78.9 Å². The molecule has 1 fully saturated rings. The molecule has 1 unspecified atom stereocenters. The molecule has 3 heterocycles. The molecule has 4 atom stereocenters. The summed E-state index contributed by atoms with van der Waals surface area (Å²) >= 11 is 0. The average Bonchev–Trinajstić information content (AvgIpc) is 3.68. The van der Waals surface area contributed by atoms with Crippen molar-refractivity contribution in [3.05, 3.63) is 101 Å². The molecule has 0 bridgehead atoms. The molecule has 4 amide bonds. The summed E-state index contributed by atoms with van der Waals surface area (Å²) in [5, 5.41) is 8.84. The maximum Gasteiger partial charge on any atom is 0.250 e. The lowest BCUT2D eigenvalue weighted by molar-refractivity contribution is -0.132. The minimum absolute atomic E-state index is 0.0174. The summed E-state index contributed by atoms with van der Waals surface area (Å²) in [6.45, 7) is 1.04. The predicted molar refractivity (Wildman–Crippen MR) is 165 cm³/mol. The van der Waals surface area contributed by atoms with Crippen molar-refractivity contribution in [2.24, 2.45) is 0 Å². The second kappa shape index (κ2) is 13.4. The van der Waals surface area contributed by atoms with Crippen molar-refractivity contribution in [1.29, 1.82) is 0 Å². The van der Waals surface area contributed by atoms with E-state index in [1.807, 2.05) is 78.9 Å². The Labute approximate surface area is 256 Å². The van der Waals surface area contributed by atoms with E-state index in [-0.39, 0.29) is 36.6 Å². The van der Waals surface area contributed by atoms with Gasteiger partial charge in [-0.05, 0) is 35.1 Å². The van der Waals surface area contributed by atoms with Crippen LogP contribution in [0.3, 0.4) is 0 Å². The van der Waals surface area contributed by atoms with Gasteiger partial charge in [0.1, 0.15) is 18.1 Å². The van der Waals surface area contributed by atoms with Crippen LogP contribution in [0.1, 0.15) is 28.7 Å². The molecule has 44 heavy (non-hydrogen) atoms. The van der Waals surface area contributed by atoms with Crippen LogP contribution in [-0.2, 0) is 44.9 Å². The van der Waals surface area contributed by atoms with Crippen LogP contribution in [0.2, 0.25) is 0 Å². The number of benzene rings is 3. The van der Waals surface area contributed by atoms with Gasteiger partial charge in [-0.15, -0.1) is 0 Å². The Bertz CT molecular complexity index is 1510. The minimum atomic E-state index is -0.888. The average molecular weight is 596 g/mol. The second-order valence-electron chi connectivity index (χ2n) is 11.5. The smallest absolute Gasteiger partial charge is 0.250 e. The molecule has 11 heteroatoms. The van der Waals surface area contributed by atoms with Gasteiger partial charge in [0, 0.05) is 25.9 Å². The number of anilines is 1. The molecule has 6 N–H and O–H groups in total. The summed E-state index contributed by atoms with van der Waals surface area (Å²) in [4.78, 5) is 56.0. The van der Waals surface area contributed by atoms with Gasteiger partial charge in [0.05, 0.1) is 18.2 Å². The van der Waals surface area contributed by atoms with Crippen LogP contribution in [-0.4, -0.2) is 60.9 Å². The summed E-state index contributed by atoms with van der Waals surface area (Å²) < 4.78 is 0. The zero-order valence-corrected chi connectivity index (χ0v) is 24.3. The summed E-state index contributed by atoms with van der Waals surface area (Å²) in [7, 11) is 0. The highest BCUT2D eigenvalue weighted by molar-refractivity contribution is 6.08. The standard InChI is InChI=1S/C33H37N7O4/c41-29(17-22-10-5-2-6-11-22)36-27(16-21-8-3-1-4-9-21)31(42)37-26-15-14-23-12-7-13-24-18-28(40(30(23)24)33(26)44)32(43)34-19-25-20-35-39-38-25/h1-13,25-28,35,38-39H,14-20H2,(H,34,43)(H,36,41)(H,37,42)/t25?,26-,27-,28-/m0/s1. The van der Waals surface area contributed by atoms with Gasteiger partial charge >= 0.3 is 0 Å². The number of nitrogens with one attached hydrogen (secondary N) is 6. The molecule has 3 aromatic rings. The van der Waals surface area contributed by atoms with Gasteiger partial charge in [0.15, 0.2) is 0 Å². The van der Waals surface area contributed by atoms with Crippen molar-refractivity contribution < 1.29 is 19.2 Å². The number of rotatable bonds is 10. The Balaban J connectivity index is 1.19. The molecule has 228 valence electrons. The SMILES string of the molecule is O=C(Cc1ccccc1)N[C@@H](Cc1ccccc1)C(=O)N[C@H]1CCc2cccc3c2N(C1=O)[C@H](C(=O)NCC1CNNN1)C3. The van der Waals surface area contributed by atoms with Crippen molar-refractivity contribution in [2.75, 3.05) is 18.0 Å². The number of hydrazine groups is 2. The first-order valence-corrected chi connectivity index (χ1v) is 15.1. The van der Waals surface area contributed by atoms with E-state index in [9.17, 15) is 19.2 Å². The molecule has 0 radical (unpaired) electrons. The van der Waals surface area contributed by atoms with Crippen molar-refractivity contribution in [3.63, 3.8) is 0 Å². The first kappa shape index (κ1) is 29.5. The molecule has 0 aromatic heterocycles. The van der Waals surface area contributed by atoms with E-state index in [1.165, 1.54) is 0 Å². The zero-order valence-electron chi connectivity index (χ0n) is 24.3. The third-order valence-corrected chi connectivity index (χ3v) is 8.40. The van der Waals surface area contributed by atoms with E-state index in [0.29, 0.717) is 32.4 Å². The number of para-hydroxylation sites is 1. The number of hydrogen-bond acceptors (Lipinski definition) is 7. The lowest BCUT2D eigenvalue weighted by atomic mass is 10.0. The number of amides is 4. The first-order chi connectivity index (χ1) is 21.5. The highest BCUT2D eigenvalue weighted by Crippen LogP contribution is 2.39. The van der Waals surface area contributed by atoms with Crippen molar-refractivity contribution in [2.45, 2.75) is 56.3 Å². The molecule has 3 aromatic carbocycles. The summed E-state index contributed by atoms with van der Waals surface area (Å²) in [5.41, 5.74) is 13.2. The maximum atomic E-state index is 14.1. The quantitative estimate of drug-likeness (QED) is 0.200. The first-order valence-electron chi connectivity index (χ1n) is 15.1. The highest BCUT2D eigenvalue weighted by atomic mass is 16.2. The van der Waals surface area contributed by atoms with Crippen LogP contribution < -0.4 is 37.2 Å². The number of carbonyl (C=O) groups is 4. The van der Waals surface area contributed by atoms with Crippen molar-refractivity contribution >= 4 is 29.3 Å². The van der Waals surface area contributed by atoms with Crippen LogP contribution in [0.25, 0.3) is 0 Å². The summed E-state index contributed by atoms with van der Waals surface area (Å²) in [6, 6.07) is 22.2. The third kappa shape index (κ3) is 6.65. The molecular weight excluding hydrogens is 558 g/mol. The van der Waals surface area contributed by atoms with E-state index in [0.717, 1.165) is 27.9 Å². The highest BCUT2D eigenvalue weighted by Gasteiger charge is 2.44. The largest absolute Gasteiger partial charge is 0.353 e. The lowest BCUT2D eigenvalue weighted by Gasteiger charge is -2.29. The fourth-order valence-corrected chi connectivity index (χ4v) is 6.18. The Hall–Kier alpha value is -4.58. The molecule has 0 spiro atoms. The van der Waals surface area contributed by atoms with E-state index in [1.54, 1.807) is 4.90 Å². The Morgan fingerprint density at radius 2 is 1.64 bits per heavy atom. The van der Waals surface area contributed by atoms with Crippen LogP contribution in [0, 0.1) is 0 Å². The fraction of sp³-hybridized carbons (Fsp3) is 0.333. The molecule has 1 saturated heterocycles.